The highest BCUT2D eigenvalue weighted by atomic mass is 79.9. The van der Waals surface area contributed by atoms with Crippen LogP contribution < -0.4 is 5.46 Å². The summed E-state index contributed by atoms with van der Waals surface area (Å²) >= 11 is 14.6. The molecular weight excluding hydrogens is 234 g/mol. The van der Waals surface area contributed by atoms with Gasteiger partial charge in [0.1, 0.15) is 0 Å². The highest BCUT2D eigenvalue weighted by Crippen LogP contribution is 2.09. The molecule has 0 unspecified atom stereocenters. The quantitative estimate of drug-likeness (QED) is 0.659. The van der Waals surface area contributed by atoms with Crippen molar-refractivity contribution < 1.29 is 0 Å². The summed E-state index contributed by atoms with van der Waals surface area (Å²) in [5.41, 5.74) is 0.460. The fraction of sp³-hybridized carbons (Fsp3) is 0. The molecule has 0 nitrogen and oxygen atoms in total. The third kappa shape index (κ3) is 1.91. The fourth-order valence-corrected chi connectivity index (χ4v) is 1.81. The minimum Gasteiger partial charge on any atom is -0.164 e. The predicted molar refractivity (Wildman–Crippen MR) is 51.2 cm³/mol. The second-order valence-corrected chi connectivity index (χ2v) is 3.77. The molecule has 1 aromatic rings. The van der Waals surface area contributed by atoms with Gasteiger partial charge < -0.3 is 0 Å². The van der Waals surface area contributed by atoms with Gasteiger partial charge in [0.05, 0.1) is 0 Å². The lowest BCUT2D eigenvalue weighted by Crippen LogP contribution is -2.18. The Balaban J connectivity index is 3.03. The number of hydrogen-bond donors (Lipinski definition) is 0. The van der Waals surface area contributed by atoms with Gasteiger partial charge in [-0.15, -0.1) is 0 Å². The van der Waals surface area contributed by atoms with E-state index < -0.39 is 5.54 Å². The van der Waals surface area contributed by atoms with Gasteiger partial charge in [-0.2, -0.15) is 22.9 Å². The summed E-state index contributed by atoms with van der Waals surface area (Å²) < 4.78 is 0.949. The van der Waals surface area contributed by atoms with E-state index in [4.69, 9.17) is 22.9 Å². The lowest BCUT2D eigenvalue weighted by atomic mass is 9.93. The van der Waals surface area contributed by atoms with Crippen molar-refractivity contribution in [3.8, 4) is 0 Å². The first-order valence-corrected chi connectivity index (χ1v) is 4.41. The van der Waals surface area contributed by atoms with E-state index >= 15 is 0 Å². The topological polar surface area (TPSA) is 0 Å². The average Bonchev–Trinajstić information content (AvgIpc) is 1.88. The van der Waals surface area contributed by atoms with Crippen molar-refractivity contribution in [2.24, 2.45) is 0 Å². The van der Waals surface area contributed by atoms with Crippen molar-refractivity contribution in [1.82, 2.24) is 0 Å². The summed E-state index contributed by atoms with van der Waals surface area (Å²) in [6.07, 6.45) is 0. The molecule has 1 rings (SSSR count). The van der Waals surface area contributed by atoms with Crippen LogP contribution in [0.15, 0.2) is 28.7 Å². The maximum absolute atomic E-state index is 5.64. The molecular formula is C6H4BBrCl2. The number of hydrogen-bond acceptors (Lipinski definition) is 0. The van der Waals surface area contributed by atoms with E-state index in [-0.39, 0.29) is 0 Å². The molecule has 0 atom stereocenters. The van der Waals surface area contributed by atoms with Gasteiger partial charge in [-0.25, -0.2) is 0 Å². The van der Waals surface area contributed by atoms with Gasteiger partial charge in [0, 0.05) is 4.47 Å². The number of benzene rings is 1. The van der Waals surface area contributed by atoms with Gasteiger partial charge >= 0.3 is 5.54 Å². The Bertz CT molecular complexity index is 227. The first kappa shape index (κ1) is 8.44. The van der Waals surface area contributed by atoms with Crippen molar-refractivity contribution in [3.05, 3.63) is 28.7 Å². The lowest BCUT2D eigenvalue weighted by Gasteiger charge is -1.99. The normalized spacial score (nSPS) is 9.50. The largest absolute Gasteiger partial charge is 0.383 e. The standard InChI is InChI=1S/C6H4BBrCl2/c8-6-4-2-1-3-5(6)7(9)10/h1-4H. The monoisotopic (exact) mass is 236 g/mol. The summed E-state index contributed by atoms with van der Waals surface area (Å²) in [7, 11) is 0. The second-order valence-electron chi connectivity index (χ2n) is 1.82. The molecule has 52 valence electrons. The van der Waals surface area contributed by atoms with E-state index in [0.717, 1.165) is 9.94 Å². The van der Waals surface area contributed by atoms with Gasteiger partial charge in [0.15, 0.2) is 0 Å². The van der Waals surface area contributed by atoms with E-state index in [1.165, 1.54) is 0 Å². The van der Waals surface area contributed by atoms with E-state index in [2.05, 4.69) is 15.9 Å². The first-order valence-electron chi connectivity index (χ1n) is 2.74. The molecule has 0 radical (unpaired) electrons. The van der Waals surface area contributed by atoms with Crippen LogP contribution in [0.3, 0.4) is 0 Å². The zero-order chi connectivity index (χ0) is 7.56. The van der Waals surface area contributed by atoms with Gasteiger partial charge in [-0.1, -0.05) is 34.1 Å². The van der Waals surface area contributed by atoms with Gasteiger partial charge in [0.2, 0.25) is 0 Å². The molecule has 1 aromatic carbocycles. The Morgan fingerprint density at radius 2 is 1.80 bits per heavy atom. The Morgan fingerprint density at radius 3 is 2.20 bits per heavy atom. The van der Waals surface area contributed by atoms with Crippen molar-refractivity contribution >= 4 is 49.9 Å². The smallest absolute Gasteiger partial charge is 0.164 e. The molecule has 0 saturated heterocycles. The van der Waals surface area contributed by atoms with Crippen LogP contribution in [0.2, 0.25) is 0 Å². The Morgan fingerprint density at radius 1 is 1.20 bits per heavy atom. The Kier molecular flexibility index (Phi) is 3.08. The van der Waals surface area contributed by atoms with Crippen molar-refractivity contribution in [3.63, 3.8) is 0 Å². The molecule has 0 aliphatic heterocycles. The van der Waals surface area contributed by atoms with E-state index in [9.17, 15) is 0 Å². The molecule has 0 spiro atoms. The SMILES string of the molecule is ClB(Cl)c1ccccc1Br. The second kappa shape index (κ2) is 3.65. The van der Waals surface area contributed by atoms with Gasteiger partial charge in [0.25, 0.3) is 0 Å². The van der Waals surface area contributed by atoms with Crippen molar-refractivity contribution in [2.75, 3.05) is 0 Å². The molecule has 0 fully saturated rings. The minimum atomic E-state index is -0.449. The van der Waals surface area contributed by atoms with Gasteiger partial charge in [-0.05, 0) is 11.5 Å². The van der Waals surface area contributed by atoms with Crippen molar-refractivity contribution in [2.45, 2.75) is 0 Å². The molecule has 0 aromatic heterocycles. The van der Waals surface area contributed by atoms with Crippen molar-refractivity contribution in [1.29, 1.82) is 0 Å². The van der Waals surface area contributed by atoms with Gasteiger partial charge in [-0.3, -0.25) is 0 Å². The Labute approximate surface area is 78.6 Å². The molecule has 10 heavy (non-hydrogen) atoms. The minimum absolute atomic E-state index is 0.449. The zero-order valence-corrected chi connectivity index (χ0v) is 8.12. The molecule has 0 saturated carbocycles. The zero-order valence-electron chi connectivity index (χ0n) is 5.02. The van der Waals surface area contributed by atoms with E-state index in [1.807, 2.05) is 24.3 Å². The van der Waals surface area contributed by atoms with Crippen LogP contribution >= 0.6 is 38.9 Å². The predicted octanol–water partition coefficient (Wildman–Crippen LogP) is 2.62. The summed E-state index contributed by atoms with van der Waals surface area (Å²) in [5, 5.41) is 0. The number of rotatable bonds is 1. The Hall–Kier alpha value is 0.345. The molecule has 0 aliphatic carbocycles. The molecule has 0 heterocycles. The maximum atomic E-state index is 5.64. The average molecular weight is 238 g/mol. The molecule has 0 amide bonds. The first-order chi connectivity index (χ1) is 4.72. The van der Waals surface area contributed by atoms with E-state index in [1.54, 1.807) is 0 Å². The van der Waals surface area contributed by atoms with Crippen LogP contribution in [0.25, 0.3) is 0 Å². The third-order valence-corrected chi connectivity index (χ3v) is 2.33. The molecule has 4 heteroatoms. The van der Waals surface area contributed by atoms with Crippen LogP contribution in [0, 0.1) is 0 Å². The van der Waals surface area contributed by atoms with Crippen LogP contribution in [0.1, 0.15) is 0 Å². The van der Waals surface area contributed by atoms with Crippen LogP contribution in [0.4, 0.5) is 0 Å². The number of halogens is 3. The fourth-order valence-electron chi connectivity index (χ4n) is 0.652. The summed E-state index contributed by atoms with van der Waals surface area (Å²) in [5.74, 6) is 0. The third-order valence-electron chi connectivity index (χ3n) is 1.14. The molecule has 0 bridgehead atoms. The van der Waals surface area contributed by atoms with Crippen LogP contribution in [-0.2, 0) is 0 Å². The van der Waals surface area contributed by atoms with Crippen LogP contribution in [-0.4, -0.2) is 5.54 Å². The van der Waals surface area contributed by atoms with Crippen LogP contribution in [0.5, 0.6) is 0 Å². The summed E-state index contributed by atoms with van der Waals surface area (Å²) in [4.78, 5) is 0. The van der Waals surface area contributed by atoms with E-state index in [0.29, 0.717) is 0 Å². The highest BCUT2D eigenvalue weighted by Gasteiger charge is 2.11. The summed E-state index contributed by atoms with van der Waals surface area (Å²) in [6, 6.07) is 7.61. The lowest BCUT2D eigenvalue weighted by molar-refractivity contribution is 1.71. The molecule has 0 N–H and O–H groups in total. The summed E-state index contributed by atoms with van der Waals surface area (Å²) in [6.45, 7) is 0. The molecule has 0 aliphatic rings. The maximum Gasteiger partial charge on any atom is 0.383 e. The highest BCUT2D eigenvalue weighted by molar-refractivity contribution is 9.10.